The Bertz CT molecular complexity index is 1120. The normalized spacial score (nSPS) is 11.5. The van der Waals surface area contributed by atoms with Gasteiger partial charge in [-0.15, -0.1) is 0 Å². The highest BCUT2D eigenvalue weighted by atomic mass is 32.1. The molecule has 1 aromatic heterocycles. The number of benzene rings is 2. The molecule has 0 fully saturated rings. The molecule has 0 unspecified atom stereocenters. The first-order chi connectivity index (χ1) is 15.6. The Balaban J connectivity index is 1.72. The molecule has 0 bridgehead atoms. The Morgan fingerprint density at radius 1 is 1.09 bits per heavy atom. The molecular formula is C26H32N2O4S. The zero-order valence-electron chi connectivity index (χ0n) is 20.4. The third-order valence-corrected chi connectivity index (χ3v) is 6.02. The van der Waals surface area contributed by atoms with Crippen LogP contribution in [0, 0.1) is 13.8 Å². The molecule has 2 aromatic carbocycles. The summed E-state index contributed by atoms with van der Waals surface area (Å²) in [5.41, 5.74) is 3.34. The van der Waals surface area contributed by atoms with Gasteiger partial charge in [-0.2, -0.15) is 4.37 Å². The van der Waals surface area contributed by atoms with E-state index < -0.39 is 11.6 Å². The maximum Gasteiger partial charge on any atom is 0.349 e. The maximum absolute atomic E-state index is 12.2. The van der Waals surface area contributed by atoms with E-state index in [0.29, 0.717) is 24.7 Å². The number of carbonyl (C=O) groups excluding carboxylic acids is 1. The lowest BCUT2D eigenvalue weighted by atomic mass is 10.0. The van der Waals surface area contributed by atoms with Crippen molar-refractivity contribution in [3.8, 4) is 22.9 Å². The number of carbonyl (C=O) groups is 1. The van der Waals surface area contributed by atoms with Crippen LogP contribution in [0.3, 0.4) is 0 Å². The fourth-order valence-corrected chi connectivity index (χ4v) is 3.82. The summed E-state index contributed by atoms with van der Waals surface area (Å²) < 4.78 is 21.7. The number of hydrogen-bond acceptors (Lipinski definition) is 7. The van der Waals surface area contributed by atoms with Gasteiger partial charge in [0, 0.05) is 11.1 Å². The SMILES string of the molecule is CCOC(=O)C(C)(C)Oc1ccc(OCc2nc(-c3ccc(C)c(C)c3)ns2)cc1C(C)C. The molecule has 0 saturated carbocycles. The lowest BCUT2D eigenvalue weighted by molar-refractivity contribution is -0.158. The molecular weight excluding hydrogens is 436 g/mol. The number of ether oxygens (including phenoxy) is 3. The van der Waals surface area contributed by atoms with Crippen molar-refractivity contribution in [2.24, 2.45) is 0 Å². The van der Waals surface area contributed by atoms with Crippen molar-refractivity contribution in [3.63, 3.8) is 0 Å². The molecule has 0 amide bonds. The molecule has 0 atom stereocenters. The molecule has 0 aliphatic carbocycles. The summed E-state index contributed by atoms with van der Waals surface area (Å²) in [7, 11) is 0. The number of hydrogen-bond donors (Lipinski definition) is 0. The Kier molecular flexibility index (Phi) is 7.74. The summed E-state index contributed by atoms with van der Waals surface area (Å²) in [6.07, 6.45) is 0. The second-order valence-corrected chi connectivity index (χ2v) is 9.62. The van der Waals surface area contributed by atoms with Gasteiger partial charge in [-0.05, 0) is 87.5 Å². The molecule has 0 N–H and O–H groups in total. The minimum atomic E-state index is -1.08. The summed E-state index contributed by atoms with van der Waals surface area (Å²) >= 11 is 1.34. The molecule has 3 rings (SSSR count). The molecule has 0 spiro atoms. The molecule has 3 aromatic rings. The van der Waals surface area contributed by atoms with Gasteiger partial charge in [0.1, 0.15) is 18.1 Å². The van der Waals surface area contributed by atoms with Gasteiger partial charge in [-0.3, -0.25) is 0 Å². The second-order valence-electron chi connectivity index (χ2n) is 8.79. The lowest BCUT2D eigenvalue weighted by Gasteiger charge is -2.26. The Labute approximate surface area is 200 Å². The van der Waals surface area contributed by atoms with E-state index in [1.54, 1.807) is 20.8 Å². The van der Waals surface area contributed by atoms with E-state index in [-0.39, 0.29) is 5.92 Å². The van der Waals surface area contributed by atoms with Crippen molar-refractivity contribution in [2.45, 2.75) is 66.6 Å². The molecule has 0 radical (unpaired) electrons. The molecule has 6 nitrogen and oxygen atoms in total. The van der Waals surface area contributed by atoms with Crippen LogP contribution < -0.4 is 9.47 Å². The highest BCUT2D eigenvalue weighted by Crippen LogP contribution is 2.33. The first-order valence-corrected chi connectivity index (χ1v) is 11.9. The Hall–Kier alpha value is -2.93. The fraction of sp³-hybridized carbons (Fsp3) is 0.423. The Morgan fingerprint density at radius 2 is 1.85 bits per heavy atom. The molecule has 1 heterocycles. The number of aromatic nitrogens is 2. The predicted molar refractivity (Wildman–Crippen MR) is 131 cm³/mol. The van der Waals surface area contributed by atoms with Gasteiger partial charge in [-0.1, -0.05) is 26.0 Å². The maximum atomic E-state index is 12.2. The Morgan fingerprint density at radius 3 is 2.52 bits per heavy atom. The zero-order valence-corrected chi connectivity index (χ0v) is 21.2. The summed E-state index contributed by atoms with van der Waals surface area (Å²) in [5, 5.41) is 0.804. The van der Waals surface area contributed by atoms with Crippen LogP contribution in [-0.2, 0) is 16.1 Å². The van der Waals surface area contributed by atoms with Crippen molar-refractivity contribution in [2.75, 3.05) is 6.61 Å². The van der Waals surface area contributed by atoms with Crippen molar-refractivity contribution in [1.29, 1.82) is 0 Å². The molecule has 0 saturated heterocycles. The van der Waals surface area contributed by atoms with Crippen LogP contribution in [0.15, 0.2) is 36.4 Å². The van der Waals surface area contributed by atoms with Crippen LogP contribution in [0.4, 0.5) is 0 Å². The van der Waals surface area contributed by atoms with Crippen molar-refractivity contribution in [1.82, 2.24) is 9.36 Å². The average Bonchev–Trinajstić information content (AvgIpc) is 3.24. The van der Waals surface area contributed by atoms with Crippen molar-refractivity contribution in [3.05, 3.63) is 58.1 Å². The fourth-order valence-electron chi connectivity index (χ4n) is 3.24. The third-order valence-electron chi connectivity index (χ3n) is 5.33. The van der Waals surface area contributed by atoms with Gasteiger partial charge >= 0.3 is 5.97 Å². The molecule has 7 heteroatoms. The van der Waals surface area contributed by atoms with Crippen LogP contribution in [0.2, 0.25) is 0 Å². The highest BCUT2D eigenvalue weighted by Gasteiger charge is 2.32. The van der Waals surface area contributed by atoms with Gasteiger partial charge in [0.05, 0.1) is 6.61 Å². The van der Waals surface area contributed by atoms with Crippen LogP contribution in [0.5, 0.6) is 11.5 Å². The van der Waals surface area contributed by atoms with E-state index in [1.807, 2.05) is 24.3 Å². The van der Waals surface area contributed by atoms with Gasteiger partial charge < -0.3 is 14.2 Å². The van der Waals surface area contributed by atoms with Crippen LogP contribution in [0.25, 0.3) is 11.4 Å². The van der Waals surface area contributed by atoms with Crippen LogP contribution in [-0.4, -0.2) is 27.5 Å². The minimum Gasteiger partial charge on any atom is -0.486 e. The third kappa shape index (κ3) is 6.11. The number of rotatable bonds is 9. The van der Waals surface area contributed by atoms with E-state index in [2.05, 4.69) is 49.2 Å². The monoisotopic (exact) mass is 468 g/mol. The first kappa shape index (κ1) is 24.7. The number of esters is 1. The molecule has 0 aliphatic rings. The zero-order chi connectivity index (χ0) is 24.2. The topological polar surface area (TPSA) is 70.5 Å². The van der Waals surface area contributed by atoms with Gasteiger partial charge in [0.2, 0.25) is 0 Å². The molecule has 176 valence electrons. The van der Waals surface area contributed by atoms with Gasteiger partial charge in [0.25, 0.3) is 0 Å². The minimum absolute atomic E-state index is 0.180. The second kappa shape index (κ2) is 10.3. The van der Waals surface area contributed by atoms with E-state index in [0.717, 1.165) is 22.0 Å². The standard InChI is InChI=1S/C26H32N2O4S/c1-8-30-25(29)26(6,7)32-22-12-11-20(14-21(22)16(2)3)31-15-23-27-24(28-33-23)19-10-9-17(4)18(5)13-19/h9-14,16H,8,15H2,1-7H3. The highest BCUT2D eigenvalue weighted by molar-refractivity contribution is 7.05. The van der Waals surface area contributed by atoms with Gasteiger partial charge in [0.15, 0.2) is 16.4 Å². The number of nitrogens with zero attached hydrogens (tertiary/aromatic N) is 2. The van der Waals surface area contributed by atoms with E-state index in [1.165, 1.54) is 22.7 Å². The van der Waals surface area contributed by atoms with E-state index >= 15 is 0 Å². The number of aryl methyl sites for hydroxylation is 2. The molecule has 0 aliphatic heterocycles. The summed E-state index contributed by atoms with van der Waals surface area (Å²) in [4.78, 5) is 16.9. The molecule has 33 heavy (non-hydrogen) atoms. The van der Waals surface area contributed by atoms with Crippen molar-refractivity contribution < 1.29 is 19.0 Å². The summed E-state index contributed by atoms with van der Waals surface area (Å²) in [6.45, 7) is 14.2. The van der Waals surface area contributed by atoms with Crippen LogP contribution >= 0.6 is 11.5 Å². The smallest absolute Gasteiger partial charge is 0.349 e. The van der Waals surface area contributed by atoms with E-state index in [9.17, 15) is 4.79 Å². The predicted octanol–water partition coefficient (Wildman–Crippen LogP) is 6.24. The van der Waals surface area contributed by atoms with Gasteiger partial charge in [-0.25, -0.2) is 9.78 Å². The summed E-state index contributed by atoms with van der Waals surface area (Å²) in [5.74, 6) is 1.86. The quantitative estimate of drug-likeness (QED) is 0.346. The lowest BCUT2D eigenvalue weighted by Crippen LogP contribution is -2.40. The first-order valence-electron chi connectivity index (χ1n) is 11.1. The van der Waals surface area contributed by atoms with Crippen molar-refractivity contribution >= 4 is 17.5 Å². The van der Waals surface area contributed by atoms with E-state index in [4.69, 9.17) is 14.2 Å². The van der Waals surface area contributed by atoms with Crippen LogP contribution in [0.1, 0.15) is 62.2 Å². The summed E-state index contributed by atoms with van der Waals surface area (Å²) in [6, 6.07) is 11.9. The largest absolute Gasteiger partial charge is 0.486 e. The average molecular weight is 469 g/mol.